The van der Waals surface area contributed by atoms with Crippen molar-refractivity contribution in [1.82, 2.24) is 4.90 Å². The predicted octanol–water partition coefficient (Wildman–Crippen LogP) is 4.89. The number of fused-ring (bicyclic) bond motifs is 1. The lowest BCUT2D eigenvalue weighted by Crippen LogP contribution is -2.41. The van der Waals surface area contributed by atoms with Crippen molar-refractivity contribution in [1.29, 1.82) is 0 Å². The molecular formula is C26H23ClFNO5. The Hall–Kier alpha value is -3.58. The van der Waals surface area contributed by atoms with E-state index in [0.29, 0.717) is 35.1 Å². The predicted molar refractivity (Wildman–Crippen MR) is 125 cm³/mol. The molecule has 0 saturated carbocycles. The van der Waals surface area contributed by atoms with Gasteiger partial charge in [0.25, 0.3) is 0 Å². The zero-order valence-corrected chi connectivity index (χ0v) is 19.0. The highest BCUT2D eigenvalue weighted by molar-refractivity contribution is 6.30. The van der Waals surface area contributed by atoms with E-state index in [4.69, 9.17) is 26.2 Å². The third-order valence-corrected chi connectivity index (χ3v) is 5.85. The second-order valence-corrected chi connectivity index (χ2v) is 8.29. The summed E-state index contributed by atoms with van der Waals surface area (Å²) in [6, 6.07) is 17.9. The third-order valence-electron chi connectivity index (χ3n) is 5.62. The van der Waals surface area contributed by atoms with Crippen molar-refractivity contribution in [3.8, 4) is 11.5 Å². The minimum atomic E-state index is -1.10. The highest BCUT2D eigenvalue weighted by atomic mass is 35.5. The molecule has 0 radical (unpaired) electrons. The summed E-state index contributed by atoms with van der Waals surface area (Å²) in [5.41, 5.74) is 2.65. The molecule has 0 aliphatic carbocycles. The molecule has 3 aromatic rings. The van der Waals surface area contributed by atoms with Crippen molar-refractivity contribution in [2.75, 3.05) is 19.8 Å². The van der Waals surface area contributed by atoms with E-state index in [1.54, 1.807) is 23.1 Å². The molecule has 6 nitrogen and oxygen atoms in total. The molecule has 1 aliphatic rings. The minimum Gasteiger partial charge on any atom is -0.493 e. The van der Waals surface area contributed by atoms with E-state index in [1.807, 2.05) is 24.3 Å². The number of aliphatic carboxylic acids is 1. The maximum Gasteiger partial charge on any atom is 0.341 e. The number of hydrogen-bond acceptors (Lipinski definition) is 4. The maximum absolute atomic E-state index is 13.3. The molecule has 0 aromatic heterocycles. The van der Waals surface area contributed by atoms with E-state index >= 15 is 0 Å². The van der Waals surface area contributed by atoms with Crippen molar-refractivity contribution >= 4 is 23.5 Å². The first-order chi connectivity index (χ1) is 16.4. The topological polar surface area (TPSA) is 76.1 Å². The van der Waals surface area contributed by atoms with Crippen LogP contribution in [0.25, 0.3) is 0 Å². The van der Waals surface area contributed by atoms with E-state index in [2.05, 4.69) is 0 Å². The molecule has 0 spiro atoms. The van der Waals surface area contributed by atoms with Gasteiger partial charge in [-0.15, -0.1) is 0 Å². The first kappa shape index (κ1) is 23.6. The van der Waals surface area contributed by atoms with Crippen LogP contribution in [0.1, 0.15) is 29.2 Å². The molecule has 34 heavy (non-hydrogen) atoms. The largest absolute Gasteiger partial charge is 0.493 e. The van der Waals surface area contributed by atoms with Crippen LogP contribution in [0, 0.1) is 5.82 Å². The zero-order valence-electron chi connectivity index (χ0n) is 18.2. The van der Waals surface area contributed by atoms with E-state index in [-0.39, 0.29) is 24.8 Å². The van der Waals surface area contributed by atoms with Crippen LogP contribution in [0.5, 0.6) is 11.5 Å². The molecule has 1 atom stereocenters. The average Bonchev–Trinajstić information content (AvgIpc) is 2.83. The van der Waals surface area contributed by atoms with Crippen molar-refractivity contribution in [2.45, 2.75) is 18.9 Å². The number of benzene rings is 3. The fourth-order valence-corrected chi connectivity index (χ4v) is 4.29. The number of rotatable bonds is 8. The number of carboxylic acid groups (broad SMARTS) is 1. The lowest BCUT2D eigenvalue weighted by molar-refractivity contribution is -0.139. The van der Waals surface area contributed by atoms with Gasteiger partial charge in [-0.1, -0.05) is 35.9 Å². The quantitative estimate of drug-likeness (QED) is 0.494. The minimum absolute atomic E-state index is 0.113. The lowest BCUT2D eigenvalue weighted by Gasteiger charge is -2.38. The van der Waals surface area contributed by atoms with Gasteiger partial charge in [0, 0.05) is 17.1 Å². The van der Waals surface area contributed by atoms with Gasteiger partial charge in [0.1, 0.15) is 17.3 Å². The molecule has 0 bridgehead atoms. The Bertz CT molecular complexity index is 1180. The van der Waals surface area contributed by atoms with Crippen molar-refractivity contribution in [3.05, 3.63) is 94.3 Å². The normalized spacial score (nSPS) is 14.9. The van der Waals surface area contributed by atoms with Gasteiger partial charge in [0.2, 0.25) is 5.91 Å². The molecule has 1 N–H and O–H groups in total. The van der Waals surface area contributed by atoms with Gasteiger partial charge in [-0.05, 0) is 60.0 Å². The Labute approximate surface area is 201 Å². The second-order valence-electron chi connectivity index (χ2n) is 7.86. The second kappa shape index (κ2) is 10.6. The van der Waals surface area contributed by atoms with Crippen molar-refractivity contribution in [3.63, 3.8) is 0 Å². The van der Waals surface area contributed by atoms with Gasteiger partial charge in [0.15, 0.2) is 6.61 Å². The van der Waals surface area contributed by atoms with E-state index in [1.165, 1.54) is 24.3 Å². The molecule has 1 unspecified atom stereocenters. The summed E-state index contributed by atoms with van der Waals surface area (Å²) >= 11 is 6.29. The number of halogens is 2. The summed E-state index contributed by atoms with van der Waals surface area (Å²) in [6.07, 6.45) is 0.797. The van der Waals surface area contributed by atoms with Gasteiger partial charge >= 0.3 is 5.97 Å². The van der Waals surface area contributed by atoms with Crippen LogP contribution >= 0.6 is 11.6 Å². The fraction of sp³-hybridized carbons (Fsp3) is 0.231. The number of hydrogen-bond donors (Lipinski definition) is 1. The van der Waals surface area contributed by atoms with Crippen LogP contribution in [0.3, 0.4) is 0 Å². The smallest absolute Gasteiger partial charge is 0.341 e. The maximum atomic E-state index is 13.3. The van der Waals surface area contributed by atoms with Gasteiger partial charge in [-0.3, -0.25) is 4.79 Å². The van der Waals surface area contributed by atoms with Gasteiger partial charge < -0.3 is 19.5 Å². The van der Waals surface area contributed by atoms with E-state index < -0.39 is 18.6 Å². The Morgan fingerprint density at radius 3 is 2.56 bits per heavy atom. The zero-order chi connectivity index (χ0) is 24.1. The number of carboxylic acids is 1. The molecule has 3 aromatic carbocycles. The summed E-state index contributed by atoms with van der Waals surface area (Å²) < 4.78 is 24.3. The third kappa shape index (κ3) is 5.48. The lowest BCUT2D eigenvalue weighted by atomic mass is 9.87. The molecule has 4 rings (SSSR count). The summed E-state index contributed by atoms with van der Waals surface area (Å²) in [5, 5.41) is 9.54. The fourth-order valence-electron chi connectivity index (χ4n) is 4.11. The Kier molecular flexibility index (Phi) is 7.33. The van der Waals surface area contributed by atoms with Crippen LogP contribution in [0.4, 0.5) is 4.39 Å². The molecule has 176 valence electrons. The molecule has 1 aliphatic heterocycles. The Morgan fingerprint density at radius 2 is 1.79 bits per heavy atom. The van der Waals surface area contributed by atoms with Crippen LogP contribution in [0.15, 0.2) is 66.7 Å². The van der Waals surface area contributed by atoms with Crippen molar-refractivity contribution < 1.29 is 28.6 Å². The monoisotopic (exact) mass is 483 g/mol. The number of carbonyl (C=O) groups is 2. The average molecular weight is 484 g/mol. The van der Waals surface area contributed by atoms with Crippen molar-refractivity contribution in [2.24, 2.45) is 0 Å². The molecule has 1 heterocycles. The number of ether oxygens (including phenoxy) is 2. The van der Waals surface area contributed by atoms with Crippen LogP contribution < -0.4 is 9.47 Å². The highest BCUT2D eigenvalue weighted by Gasteiger charge is 2.33. The molecule has 0 saturated heterocycles. The summed E-state index contributed by atoms with van der Waals surface area (Å²) in [4.78, 5) is 26.2. The van der Waals surface area contributed by atoms with Gasteiger partial charge in [-0.25, -0.2) is 9.18 Å². The van der Waals surface area contributed by atoms with Crippen LogP contribution in [-0.2, 0) is 16.0 Å². The first-order valence-electron chi connectivity index (χ1n) is 10.8. The van der Waals surface area contributed by atoms with Crippen LogP contribution in [0.2, 0.25) is 5.02 Å². The highest BCUT2D eigenvalue weighted by Crippen LogP contribution is 2.40. The van der Waals surface area contributed by atoms with Gasteiger partial charge in [-0.2, -0.15) is 0 Å². The van der Waals surface area contributed by atoms with Crippen LogP contribution in [-0.4, -0.2) is 41.6 Å². The number of carbonyl (C=O) groups excluding carboxylic acids is 1. The Morgan fingerprint density at radius 1 is 1.03 bits per heavy atom. The Balaban J connectivity index is 1.61. The summed E-state index contributed by atoms with van der Waals surface area (Å²) in [7, 11) is 0. The van der Waals surface area contributed by atoms with Gasteiger partial charge in [0.05, 0.1) is 19.1 Å². The molecule has 0 fully saturated rings. The van der Waals surface area contributed by atoms with E-state index in [9.17, 15) is 14.0 Å². The number of amides is 1. The summed E-state index contributed by atoms with van der Waals surface area (Å²) in [5.74, 6) is -0.759. The molecule has 1 amide bonds. The molecule has 8 heteroatoms. The van der Waals surface area contributed by atoms with E-state index in [0.717, 1.165) is 11.1 Å². The summed E-state index contributed by atoms with van der Waals surface area (Å²) in [6.45, 7) is 0.0949. The standard InChI is InChI=1S/C26H23ClFNO5/c27-18-5-10-23(34-16-25(31)32)22(15-18)26-21-4-2-1-3-17(21)11-13-29(26)24(30)12-14-33-20-8-6-19(28)7-9-20/h1-10,15,26H,11-14,16H2,(H,31,32). The number of nitrogens with zero attached hydrogens (tertiary/aromatic N) is 1. The SMILES string of the molecule is O=C(O)COc1ccc(Cl)cc1C1c2ccccc2CCN1C(=O)CCOc1ccc(F)cc1. The molecular weight excluding hydrogens is 461 g/mol. The first-order valence-corrected chi connectivity index (χ1v) is 11.2.